The van der Waals surface area contributed by atoms with Crippen molar-refractivity contribution in [2.24, 2.45) is 0 Å². The van der Waals surface area contributed by atoms with Crippen molar-refractivity contribution in [1.82, 2.24) is 5.32 Å². The van der Waals surface area contributed by atoms with E-state index in [-0.39, 0.29) is 5.82 Å². The summed E-state index contributed by atoms with van der Waals surface area (Å²) < 4.78 is 19.4. The lowest BCUT2D eigenvalue weighted by Gasteiger charge is -2.04. The fourth-order valence-corrected chi connectivity index (χ4v) is 2.67. The smallest absolute Gasteiger partial charge is 0.136 e. The predicted molar refractivity (Wildman–Crippen MR) is 74.2 cm³/mol. The number of rotatable bonds is 4. The van der Waals surface area contributed by atoms with Crippen molar-refractivity contribution in [3.8, 4) is 11.3 Å². The zero-order valence-corrected chi connectivity index (χ0v) is 12.1. The van der Waals surface area contributed by atoms with Gasteiger partial charge in [0.05, 0.1) is 17.1 Å². The highest BCUT2D eigenvalue weighted by Gasteiger charge is 2.14. The molecule has 1 heterocycles. The van der Waals surface area contributed by atoms with Gasteiger partial charge in [-0.1, -0.05) is 18.5 Å². The molecule has 0 atom stereocenters. The van der Waals surface area contributed by atoms with Gasteiger partial charge in [0.15, 0.2) is 0 Å². The third kappa shape index (κ3) is 2.94. The van der Waals surface area contributed by atoms with Crippen LogP contribution >= 0.6 is 27.5 Å². The van der Waals surface area contributed by atoms with E-state index in [0.717, 1.165) is 12.3 Å². The number of hydrogen-bond acceptors (Lipinski definition) is 2. The lowest BCUT2D eigenvalue weighted by Crippen LogP contribution is -2.10. The Balaban J connectivity index is 2.34. The number of hydrogen-bond donors (Lipinski definition) is 1. The fraction of sp³-hybridized carbons (Fsp3) is 0.231. The molecule has 0 aliphatic rings. The molecular formula is C13H12BrClFNO. The summed E-state index contributed by atoms with van der Waals surface area (Å²) in [4.78, 5) is 0. The van der Waals surface area contributed by atoms with Crippen LogP contribution in [0.15, 0.2) is 33.2 Å². The number of nitrogens with one attached hydrogen (secondary N) is 1. The Hall–Kier alpha value is -0.840. The molecule has 2 rings (SSSR count). The highest BCUT2D eigenvalue weighted by molar-refractivity contribution is 9.10. The Kier molecular flexibility index (Phi) is 4.43. The van der Waals surface area contributed by atoms with Gasteiger partial charge in [0.2, 0.25) is 0 Å². The molecule has 2 aromatic rings. The second-order valence-electron chi connectivity index (χ2n) is 3.79. The zero-order valence-electron chi connectivity index (χ0n) is 9.77. The predicted octanol–water partition coefficient (Wildman–Crippen LogP) is 4.61. The van der Waals surface area contributed by atoms with Gasteiger partial charge in [-0.3, -0.25) is 0 Å². The largest absolute Gasteiger partial charge is 0.460 e. The van der Waals surface area contributed by atoms with Crippen LogP contribution < -0.4 is 5.32 Å². The van der Waals surface area contributed by atoms with Gasteiger partial charge in [0, 0.05) is 4.47 Å². The van der Waals surface area contributed by atoms with Crippen molar-refractivity contribution in [1.29, 1.82) is 0 Å². The average molecular weight is 333 g/mol. The van der Waals surface area contributed by atoms with Gasteiger partial charge in [0.1, 0.15) is 17.3 Å². The van der Waals surface area contributed by atoms with Crippen molar-refractivity contribution in [3.05, 3.63) is 45.3 Å². The second-order valence-corrected chi connectivity index (χ2v) is 5.05. The molecule has 0 amide bonds. The highest BCUT2D eigenvalue weighted by atomic mass is 79.9. The van der Waals surface area contributed by atoms with E-state index < -0.39 is 0 Å². The van der Waals surface area contributed by atoms with Crippen LogP contribution in [-0.2, 0) is 6.54 Å². The summed E-state index contributed by atoms with van der Waals surface area (Å²) >= 11 is 9.33. The van der Waals surface area contributed by atoms with E-state index in [1.807, 2.05) is 19.1 Å². The van der Waals surface area contributed by atoms with E-state index in [1.54, 1.807) is 0 Å². The molecule has 96 valence electrons. The number of benzene rings is 1. The van der Waals surface area contributed by atoms with Crippen molar-refractivity contribution in [2.75, 3.05) is 6.54 Å². The minimum atomic E-state index is -0.380. The first-order valence-electron chi connectivity index (χ1n) is 5.56. The molecule has 0 aliphatic heterocycles. The Morgan fingerprint density at radius 2 is 2.17 bits per heavy atom. The summed E-state index contributed by atoms with van der Waals surface area (Å²) in [6.45, 7) is 3.56. The molecular weight excluding hydrogens is 321 g/mol. The highest BCUT2D eigenvalue weighted by Crippen LogP contribution is 2.36. The first kappa shape index (κ1) is 13.6. The Morgan fingerprint density at radius 3 is 2.83 bits per heavy atom. The van der Waals surface area contributed by atoms with Crippen LogP contribution in [0.3, 0.4) is 0 Å². The normalized spacial score (nSPS) is 10.9. The molecule has 0 saturated carbocycles. The van der Waals surface area contributed by atoms with Crippen molar-refractivity contribution in [2.45, 2.75) is 13.5 Å². The maximum Gasteiger partial charge on any atom is 0.136 e. The number of furan rings is 1. The van der Waals surface area contributed by atoms with E-state index in [0.29, 0.717) is 27.4 Å². The van der Waals surface area contributed by atoms with Crippen molar-refractivity contribution >= 4 is 27.5 Å². The summed E-state index contributed by atoms with van der Waals surface area (Å²) in [5.74, 6) is 1.06. The SMILES string of the molecule is CCNCc1ccc(-c2c(Cl)cc(F)cc2Br)o1. The molecule has 1 N–H and O–H groups in total. The Labute approximate surface area is 118 Å². The van der Waals surface area contributed by atoms with E-state index >= 15 is 0 Å². The van der Waals surface area contributed by atoms with E-state index in [2.05, 4.69) is 21.2 Å². The molecule has 2 nitrogen and oxygen atoms in total. The first-order valence-corrected chi connectivity index (χ1v) is 6.73. The summed E-state index contributed by atoms with van der Waals surface area (Å²) in [6, 6.07) is 6.35. The molecule has 0 bridgehead atoms. The summed E-state index contributed by atoms with van der Waals surface area (Å²) in [6.07, 6.45) is 0. The molecule has 5 heteroatoms. The summed E-state index contributed by atoms with van der Waals surface area (Å²) in [5, 5.41) is 3.49. The molecule has 0 unspecified atom stereocenters. The molecule has 0 saturated heterocycles. The van der Waals surface area contributed by atoms with E-state index in [1.165, 1.54) is 12.1 Å². The maximum atomic E-state index is 13.1. The van der Waals surface area contributed by atoms with E-state index in [4.69, 9.17) is 16.0 Å². The minimum absolute atomic E-state index is 0.325. The molecule has 0 spiro atoms. The van der Waals surface area contributed by atoms with Gasteiger partial charge in [-0.05, 0) is 46.7 Å². The number of halogens is 3. The molecule has 18 heavy (non-hydrogen) atoms. The van der Waals surface area contributed by atoms with Gasteiger partial charge in [-0.25, -0.2) is 4.39 Å². The Bertz CT molecular complexity index is 533. The van der Waals surface area contributed by atoms with Gasteiger partial charge >= 0.3 is 0 Å². The van der Waals surface area contributed by atoms with Crippen LogP contribution in [0.1, 0.15) is 12.7 Å². The quantitative estimate of drug-likeness (QED) is 0.884. The molecule has 0 fully saturated rings. The molecule has 1 aromatic heterocycles. The van der Waals surface area contributed by atoms with Crippen molar-refractivity contribution < 1.29 is 8.81 Å². The van der Waals surface area contributed by atoms with Crippen LogP contribution in [0.25, 0.3) is 11.3 Å². The van der Waals surface area contributed by atoms with Crippen LogP contribution in [0.4, 0.5) is 4.39 Å². The third-order valence-corrected chi connectivity index (χ3v) is 3.39. The minimum Gasteiger partial charge on any atom is -0.460 e. The second kappa shape index (κ2) is 5.87. The topological polar surface area (TPSA) is 25.2 Å². The average Bonchev–Trinajstić information content (AvgIpc) is 2.73. The lowest BCUT2D eigenvalue weighted by molar-refractivity contribution is 0.498. The lowest BCUT2D eigenvalue weighted by atomic mass is 10.2. The Morgan fingerprint density at radius 1 is 1.39 bits per heavy atom. The fourth-order valence-electron chi connectivity index (χ4n) is 1.63. The van der Waals surface area contributed by atoms with Crippen LogP contribution in [-0.4, -0.2) is 6.54 Å². The van der Waals surface area contributed by atoms with Crippen molar-refractivity contribution in [3.63, 3.8) is 0 Å². The van der Waals surface area contributed by atoms with Gasteiger partial charge < -0.3 is 9.73 Å². The molecule has 0 radical (unpaired) electrons. The van der Waals surface area contributed by atoms with Gasteiger partial charge in [-0.15, -0.1) is 0 Å². The monoisotopic (exact) mass is 331 g/mol. The third-order valence-electron chi connectivity index (χ3n) is 2.46. The summed E-state index contributed by atoms with van der Waals surface area (Å²) in [5.41, 5.74) is 0.667. The van der Waals surface area contributed by atoms with Crippen LogP contribution in [0, 0.1) is 5.82 Å². The van der Waals surface area contributed by atoms with Gasteiger partial charge in [-0.2, -0.15) is 0 Å². The first-order chi connectivity index (χ1) is 8.61. The standard InChI is InChI=1S/C13H12BrClFNO/c1-2-17-7-9-3-4-12(18-9)13-10(14)5-8(16)6-11(13)15/h3-6,17H,2,7H2,1H3. The maximum absolute atomic E-state index is 13.1. The zero-order chi connectivity index (χ0) is 13.1. The van der Waals surface area contributed by atoms with Gasteiger partial charge in [0.25, 0.3) is 0 Å². The molecule has 0 aliphatic carbocycles. The summed E-state index contributed by atoms with van der Waals surface area (Å²) in [7, 11) is 0. The van der Waals surface area contributed by atoms with Crippen LogP contribution in [0.2, 0.25) is 5.02 Å². The molecule has 1 aromatic carbocycles. The van der Waals surface area contributed by atoms with Crippen LogP contribution in [0.5, 0.6) is 0 Å². The van der Waals surface area contributed by atoms with E-state index in [9.17, 15) is 4.39 Å².